The van der Waals surface area contributed by atoms with Crippen LogP contribution in [0.4, 0.5) is 5.69 Å². The number of anilines is 1. The van der Waals surface area contributed by atoms with Gasteiger partial charge in [0.1, 0.15) is 6.61 Å². The van der Waals surface area contributed by atoms with E-state index in [4.69, 9.17) is 10.00 Å². The van der Waals surface area contributed by atoms with Crippen LogP contribution in [0.3, 0.4) is 0 Å². The number of esters is 1. The Kier molecular flexibility index (Phi) is 4.17. The topological polar surface area (TPSA) is 62.1 Å². The van der Waals surface area contributed by atoms with Crippen LogP contribution in [0.2, 0.25) is 0 Å². The van der Waals surface area contributed by atoms with Crippen molar-refractivity contribution in [1.29, 1.82) is 5.26 Å². The standard InChI is InChI=1S/C11H12N2O2/c1-9(14)15-7-6-13-11-4-2-10(8-12)3-5-11/h2-5,13H,6-7H2,1H3. The van der Waals surface area contributed by atoms with Crippen LogP contribution in [0.1, 0.15) is 12.5 Å². The third kappa shape index (κ3) is 4.14. The van der Waals surface area contributed by atoms with Gasteiger partial charge in [0.15, 0.2) is 0 Å². The molecule has 1 rings (SSSR count). The van der Waals surface area contributed by atoms with Crippen LogP contribution in [-0.4, -0.2) is 19.1 Å². The summed E-state index contributed by atoms with van der Waals surface area (Å²) in [5.74, 6) is -0.281. The minimum absolute atomic E-state index is 0.281. The van der Waals surface area contributed by atoms with Gasteiger partial charge in [-0.1, -0.05) is 0 Å². The highest BCUT2D eigenvalue weighted by Gasteiger charge is 1.94. The fourth-order valence-electron chi connectivity index (χ4n) is 1.05. The van der Waals surface area contributed by atoms with Gasteiger partial charge in [0.25, 0.3) is 0 Å². The van der Waals surface area contributed by atoms with Crippen molar-refractivity contribution in [2.75, 3.05) is 18.5 Å². The Hall–Kier alpha value is -2.02. The van der Waals surface area contributed by atoms with Crippen LogP contribution < -0.4 is 5.32 Å². The number of hydrogen-bond acceptors (Lipinski definition) is 4. The molecule has 0 atom stereocenters. The van der Waals surface area contributed by atoms with Crippen LogP contribution in [-0.2, 0) is 9.53 Å². The highest BCUT2D eigenvalue weighted by atomic mass is 16.5. The summed E-state index contributed by atoms with van der Waals surface area (Å²) >= 11 is 0. The molecule has 0 bridgehead atoms. The van der Waals surface area contributed by atoms with Crippen LogP contribution >= 0.6 is 0 Å². The van der Waals surface area contributed by atoms with Crippen molar-refractivity contribution >= 4 is 11.7 Å². The quantitative estimate of drug-likeness (QED) is 0.596. The Morgan fingerprint density at radius 1 is 1.47 bits per heavy atom. The first kappa shape index (κ1) is 11.1. The Morgan fingerprint density at radius 2 is 2.13 bits per heavy atom. The molecule has 1 aromatic rings. The van der Waals surface area contributed by atoms with E-state index in [1.165, 1.54) is 6.92 Å². The van der Waals surface area contributed by atoms with E-state index in [1.54, 1.807) is 12.1 Å². The third-order valence-electron chi connectivity index (χ3n) is 1.75. The summed E-state index contributed by atoms with van der Waals surface area (Å²) in [6.07, 6.45) is 0. The fraction of sp³-hybridized carbons (Fsp3) is 0.273. The smallest absolute Gasteiger partial charge is 0.302 e. The van der Waals surface area contributed by atoms with Gasteiger partial charge in [-0.25, -0.2) is 0 Å². The lowest BCUT2D eigenvalue weighted by Crippen LogP contribution is -2.11. The lowest BCUT2D eigenvalue weighted by atomic mass is 10.2. The Balaban J connectivity index is 2.32. The van der Waals surface area contributed by atoms with E-state index < -0.39 is 0 Å². The van der Waals surface area contributed by atoms with Crippen molar-refractivity contribution in [3.8, 4) is 6.07 Å². The molecule has 0 amide bonds. The second kappa shape index (κ2) is 5.66. The van der Waals surface area contributed by atoms with Gasteiger partial charge >= 0.3 is 5.97 Å². The SMILES string of the molecule is CC(=O)OCCNc1ccc(C#N)cc1. The second-order valence-electron chi connectivity index (χ2n) is 2.96. The molecular formula is C11H12N2O2. The summed E-state index contributed by atoms with van der Waals surface area (Å²) in [6, 6.07) is 9.12. The fourth-order valence-corrected chi connectivity index (χ4v) is 1.05. The maximum absolute atomic E-state index is 10.5. The highest BCUT2D eigenvalue weighted by molar-refractivity contribution is 5.65. The van der Waals surface area contributed by atoms with Gasteiger partial charge in [-0.3, -0.25) is 4.79 Å². The molecule has 15 heavy (non-hydrogen) atoms. The second-order valence-corrected chi connectivity index (χ2v) is 2.96. The number of benzene rings is 1. The minimum Gasteiger partial charge on any atom is -0.464 e. The normalized spacial score (nSPS) is 9.07. The minimum atomic E-state index is -0.281. The van der Waals surface area contributed by atoms with E-state index >= 15 is 0 Å². The zero-order chi connectivity index (χ0) is 11.1. The zero-order valence-corrected chi connectivity index (χ0v) is 8.49. The van der Waals surface area contributed by atoms with Gasteiger partial charge in [0.2, 0.25) is 0 Å². The lowest BCUT2D eigenvalue weighted by molar-refractivity contribution is -0.140. The zero-order valence-electron chi connectivity index (χ0n) is 8.49. The first-order chi connectivity index (χ1) is 7.22. The molecule has 0 aliphatic carbocycles. The largest absolute Gasteiger partial charge is 0.464 e. The molecule has 1 N–H and O–H groups in total. The van der Waals surface area contributed by atoms with E-state index in [-0.39, 0.29) is 5.97 Å². The molecule has 0 aromatic heterocycles. The molecule has 4 heteroatoms. The van der Waals surface area contributed by atoms with Gasteiger partial charge in [-0.05, 0) is 24.3 Å². The average Bonchev–Trinajstić information content (AvgIpc) is 2.25. The number of hydrogen-bond donors (Lipinski definition) is 1. The van der Waals surface area contributed by atoms with Gasteiger partial charge in [0, 0.05) is 19.2 Å². The van der Waals surface area contributed by atoms with Gasteiger partial charge < -0.3 is 10.1 Å². The number of rotatable bonds is 4. The van der Waals surface area contributed by atoms with Gasteiger partial charge in [-0.15, -0.1) is 0 Å². The average molecular weight is 204 g/mol. The molecule has 4 nitrogen and oxygen atoms in total. The van der Waals surface area contributed by atoms with Crippen LogP contribution in [0, 0.1) is 11.3 Å². The number of nitrogens with zero attached hydrogens (tertiary/aromatic N) is 1. The predicted molar refractivity (Wildman–Crippen MR) is 56.3 cm³/mol. The Bertz CT molecular complexity index is 365. The predicted octanol–water partition coefficient (Wildman–Crippen LogP) is 1.53. The summed E-state index contributed by atoms with van der Waals surface area (Å²) in [7, 11) is 0. The summed E-state index contributed by atoms with van der Waals surface area (Å²) < 4.78 is 4.75. The monoisotopic (exact) mass is 204 g/mol. The third-order valence-corrected chi connectivity index (χ3v) is 1.75. The summed E-state index contributed by atoms with van der Waals surface area (Å²) in [4.78, 5) is 10.5. The molecule has 78 valence electrons. The molecule has 0 saturated carbocycles. The Morgan fingerprint density at radius 3 is 2.67 bits per heavy atom. The number of carbonyl (C=O) groups is 1. The lowest BCUT2D eigenvalue weighted by Gasteiger charge is -2.05. The Labute approximate surface area is 88.5 Å². The van der Waals surface area contributed by atoms with Gasteiger partial charge in [-0.2, -0.15) is 5.26 Å². The van der Waals surface area contributed by atoms with Crippen molar-refractivity contribution < 1.29 is 9.53 Å². The molecule has 0 aliphatic heterocycles. The molecule has 0 radical (unpaired) electrons. The molecule has 0 saturated heterocycles. The molecule has 0 aliphatic rings. The number of nitriles is 1. The molecule has 0 heterocycles. The number of carbonyl (C=O) groups excluding carboxylic acids is 1. The number of ether oxygens (including phenoxy) is 1. The van der Waals surface area contributed by atoms with E-state index in [9.17, 15) is 4.79 Å². The molecule has 0 spiro atoms. The summed E-state index contributed by atoms with van der Waals surface area (Å²) in [5, 5.41) is 11.6. The first-order valence-corrected chi connectivity index (χ1v) is 4.60. The maximum atomic E-state index is 10.5. The van der Waals surface area contributed by atoms with Crippen LogP contribution in [0.5, 0.6) is 0 Å². The maximum Gasteiger partial charge on any atom is 0.302 e. The molecule has 1 aromatic carbocycles. The molecular weight excluding hydrogens is 192 g/mol. The van der Waals surface area contributed by atoms with Gasteiger partial charge in [0.05, 0.1) is 11.6 Å². The van der Waals surface area contributed by atoms with Crippen molar-refractivity contribution in [3.63, 3.8) is 0 Å². The highest BCUT2D eigenvalue weighted by Crippen LogP contribution is 2.07. The van der Waals surface area contributed by atoms with Crippen molar-refractivity contribution in [1.82, 2.24) is 0 Å². The summed E-state index contributed by atoms with van der Waals surface area (Å²) in [5.41, 5.74) is 1.53. The van der Waals surface area contributed by atoms with Crippen molar-refractivity contribution in [2.45, 2.75) is 6.92 Å². The van der Waals surface area contributed by atoms with Crippen molar-refractivity contribution in [3.05, 3.63) is 29.8 Å². The van der Waals surface area contributed by atoms with E-state index in [0.717, 1.165) is 5.69 Å². The van der Waals surface area contributed by atoms with E-state index in [0.29, 0.717) is 18.7 Å². The van der Waals surface area contributed by atoms with Crippen LogP contribution in [0.25, 0.3) is 0 Å². The molecule has 0 fully saturated rings. The molecule has 0 unspecified atom stereocenters. The number of nitrogens with one attached hydrogen (secondary N) is 1. The first-order valence-electron chi connectivity index (χ1n) is 4.60. The van der Waals surface area contributed by atoms with Crippen LogP contribution in [0.15, 0.2) is 24.3 Å². The van der Waals surface area contributed by atoms with E-state index in [2.05, 4.69) is 5.32 Å². The van der Waals surface area contributed by atoms with E-state index in [1.807, 2.05) is 18.2 Å². The van der Waals surface area contributed by atoms with Crippen molar-refractivity contribution in [2.24, 2.45) is 0 Å². The summed E-state index contributed by atoms with van der Waals surface area (Å²) in [6.45, 7) is 2.28.